The molecule has 3 aromatic heterocycles. The van der Waals surface area contributed by atoms with E-state index >= 15 is 0 Å². The minimum absolute atomic E-state index is 0.157. The summed E-state index contributed by atoms with van der Waals surface area (Å²) in [5.74, 6) is 0.544. The molecule has 2 N–H and O–H groups in total. The van der Waals surface area contributed by atoms with Gasteiger partial charge in [0.05, 0.1) is 11.3 Å². The molecule has 1 amide bonds. The first-order valence-electron chi connectivity index (χ1n) is 7.07. The molecule has 7 nitrogen and oxygen atoms in total. The largest absolute Gasteiger partial charge is 0.378 e. The number of nitrogens with one attached hydrogen (secondary N) is 2. The van der Waals surface area contributed by atoms with Gasteiger partial charge in [0.1, 0.15) is 5.00 Å². The Bertz CT molecular complexity index is 811. The zero-order chi connectivity index (χ0) is 16.2. The van der Waals surface area contributed by atoms with Crippen molar-refractivity contribution in [1.82, 2.24) is 24.5 Å². The number of anilines is 1. The molecule has 0 aliphatic heterocycles. The van der Waals surface area contributed by atoms with E-state index < -0.39 is 0 Å². The predicted octanol–water partition coefficient (Wildman–Crippen LogP) is 2.00. The Morgan fingerprint density at radius 1 is 1.35 bits per heavy atom. The van der Waals surface area contributed by atoms with Gasteiger partial charge in [-0.25, -0.2) is 9.67 Å². The molecule has 0 aliphatic rings. The number of amides is 1. The molecule has 0 spiro atoms. The summed E-state index contributed by atoms with van der Waals surface area (Å²) in [6.45, 7) is 2.19. The molecule has 118 valence electrons. The van der Waals surface area contributed by atoms with E-state index in [2.05, 4.69) is 25.1 Å². The van der Waals surface area contributed by atoms with Crippen molar-refractivity contribution < 1.29 is 4.79 Å². The molecule has 0 fully saturated rings. The van der Waals surface area contributed by atoms with Crippen LogP contribution in [-0.4, -0.2) is 32.1 Å². The first-order valence-corrected chi connectivity index (χ1v) is 7.84. The van der Waals surface area contributed by atoms with Gasteiger partial charge in [0.25, 0.3) is 5.91 Å². The smallest absolute Gasteiger partial charge is 0.256 e. The van der Waals surface area contributed by atoms with E-state index in [1.807, 2.05) is 31.3 Å². The molecule has 0 radical (unpaired) electrons. The molecular formula is C15H16N6OS. The van der Waals surface area contributed by atoms with Gasteiger partial charge in [0, 0.05) is 37.7 Å². The maximum atomic E-state index is 12.5. The first-order chi connectivity index (χ1) is 11.2. The number of aromatic nitrogens is 4. The van der Waals surface area contributed by atoms with Crippen LogP contribution in [0, 0.1) is 6.92 Å². The lowest BCUT2D eigenvalue weighted by molar-refractivity contribution is 0.0951. The minimum Gasteiger partial charge on any atom is -0.378 e. The summed E-state index contributed by atoms with van der Waals surface area (Å²) in [5, 5.41) is 10.9. The van der Waals surface area contributed by atoms with Gasteiger partial charge in [-0.05, 0) is 30.6 Å². The maximum Gasteiger partial charge on any atom is 0.256 e. The number of rotatable bonds is 5. The predicted molar refractivity (Wildman–Crippen MR) is 88.9 cm³/mol. The molecule has 3 heterocycles. The molecule has 0 unspecified atom stereocenters. The van der Waals surface area contributed by atoms with Crippen LogP contribution in [0.4, 0.5) is 5.00 Å². The number of aryl methyl sites for hydroxylation is 1. The molecular weight excluding hydrogens is 312 g/mol. The maximum absolute atomic E-state index is 12.5. The van der Waals surface area contributed by atoms with Crippen LogP contribution in [0.5, 0.6) is 0 Å². The van der Waals surface area contributed by atoms with Crippen molar-refractivity contribution in [3.05, 3.63) is 53.6 Å². The number of carbonyl (C=O) groups excluding carboxylic acids is 1. The lowest BCUT2D eigenvalue weighted by atomic mass is 10.2. The highest BCUT2D eigenvalue weighted by molar-refractivity contribution is 7.10. The molecule has 0 bridgehead atoms. The highest BCUT2D eigenvalue weighted by Gasteiger charge is 2.18. The summed E-state index contributed by atoms with van der Waals surface area (Å²) >= 11 is 1.28. The lowest BCUT2D eigenvalue weighted by Crippen LogP contribution is -2.24. The third-order valence-electron chi connectivity index (χ3n) is 3.35. The van der Waals surface area contributed by atoms with E-state index in [9.17, 15) is 4.79 Å². The molecule has 0 aromatic carbocycles. The first kappa shape index (κ1) is 15.2. The molecule has 0 saturated carbocycles. The van der Waals surface area contributed by atoms with Crippen LogP contribution in [0.2, 0.25) is 0 Å². The highest BCUT2D eigenvalue weighted by atomic mass is 32.1. The zero-order valence-electron chi connectivity index (χ0n) is 12.8. The molecule has 0 saturated heterocycles. The van der Waals surface area contributed by atoms with Crippen molar-refractivity contribution in [3.63, 3.8) is 0 Å². The van der Waals surface area contributed by atoms with Gasteiger partial charge in [0.2, 0.25) is 0 Å². The summed E-state index contributed by atoms with van der Waals surface area (Å²) in [6, 6.07) is 5.59. The van der Waals surface area contributed by atoms with Crippen molar-refractivity contribution in [2.45, 2.75) is 13.5 Å². The standard InChI is InChI=1S/C15H16N6OS/c1-10-12(15(16-2)23-20-10)14(22)18-9-11-5-3-6-17-13(11)21-8-4-7-19-21/h3-8,16H,9H2,1-2H3,(H,18,22). The van der Waals surface area contributed by atoms with E-state index in [0.29, 0.717) is 17.9 Å². The third kappa shape index (κ3) is 3.07. The van der Waals surface area contributed by atoms with Crippen molar-refractivity contribution in [1.29, 1.82) is 0 Å². The Kier molecular flexibility index (Phi) is 4.33. The van der Waals surface area contributed by atoms with Crippen LogP contribution in [-0.2, 0) is 6.54 Å². The molecule has 8 heteroatoms. The number of pyridine rings is 1. The fourth-order valence-corrected chi connectivity index (χ4v) is 2.98. The van der Waals surface area contributed by atoms with Gasteiger partial charge in [-0.2, -0.15) is 9.47 Å². The van der Waals surface area contributed by atoms with E-state index in [1.54, 1.807) is 24.1 Å². The van der Waals surface area contributed by atoms with Gasteiger partial charge in [-0.3, -0.25) is 4.79 Å². The Balaban J connectivity index is 1.79. The average molecular weight is 328 g/mol. The third-order valence-corrected chi connectivity index (χ3v) is 4.30. The lowest BCUT2D eigenvalue weighted by Gasteiger charge is -2.10. The monoisotopic (exact) mass is 328 g/mol. The Hall–Kier alpha value is -2.74. The van der Waals surface area contributed by atoms with Crippen molar-refractivity contribution in [2.75, 3.05) is 12.4 Å². The van der Waals surface area contributed by atoms with Gasteiger partial charge < -0.3 is 10.6 Å². The summed E-state index contributed by atoms with van der Waals surface area (Å²) in [4.78, 5) is 16.8. The quantitative estimate of drug-likeness (QED) is 0.748. The molecule has 23 heavy (non-hydrogen) atoms. The van der Waals surface area contributed by atoms with Crippen LogP contribution >= 0.6 is 11.5 Å². The second-order valence-corrected chi connectivity index (χ2v) is 5.61. The fourth-order valence-electron chi connectivity index (χ4n) is 2.24. The zero-order valence-corrected chi connectivity index (χ0v) is 13.6. The normalized spacial score (nSPS) is 10.5. The summed E-state index contributed by atoms with van der Waals surface area (Å²) < 4.78 is 5.89. The summed E-state index contributed by atoms with van der Waals surface area (Å²) in [7, 11) is 1.78. The SMILES string of the molecule is CNc1snc(C)c1C(=O)NCc1cccnc1-n1cccn1. The number of carbonyl (C=O) groups is 1. The average Bonchev–Trinajstić information content (AvgIpc) is 3.22. The number of hydrogen-bond acceptors (Lipinski definition) is 6. The number of hydrogen-bond donors (Lipinski definition) is 2. The fraction of sp³-hybridized carbons (Fsp3) is 0.200. The molecule has 0 aliphatic carbocycles. The molecule has 3 rings (SSSR count). The Labute approximate surface area is 137 Å². The number of nitrogens with zero attached hydrogens (tertiary/aromatic N) is 4. The van der Waals surface area contributed by atoms with Crippen LogP contribution in [0.25, 0.3) is 5.82 Å². The van der Waals surface area contributed by atoms with Gasteiger partial charge in [-0.1, -0.05) is 6.07 Å². The minimum atomic E-state index is -0.157. The second kappa shape index (κ2) is 6.57. The Morgan fingerprint density at radius 2 is 2.22 bits per heavy atom. The van der Waals surface area contributed by atoms with Gasteiger partial charge >= 0.3 is 0 Å². The van der Waals surface area contributed by atoms with Crippen LogP contribution in [0.1, 0.15) is 21.6 Å². The van der Waals surface area contributed by atoms with Gasteiger partial charge in [-0.15, -0.1) is 0 Å². The summed E-state index contributed by atoms with van der Waals surface area (Å²) in [6.07, 6.45) is 5.21. The van der Waals surface area contributed by atoms with Crippen molar-refractivity contribution >= 4 is 22.4 Å². The highest BCUT2D eigenvalue weighted by Crippen LogP contribution is 2.23. The van der Waals surface area contributed by atoms with E-state index in [1.165, 1.54) is 11.5 Å². The van der Waals surface area contributed by atoms with Crippen LogP contribution in [0.3, 0.4) is 0 Å². The van der Waals surface area contributed by atoms with Crippen LogP contribution < -0.4 is 10.6 Å². The Morgan fingerprint density at radius 3 is 2.96 bits per heavy atom. The second-order valence-electron chi connectivity index (χ2n) is 4.84. The van der Waals surface area contributed by atoms with E-state index in [4.69, 9.17) is 0 Å². The molecule has 0 atom stereocenters. The summed E-state index contributed by atoms with van der Waals surface area (Å²) in [5.41, 5.74) is 2.19. The topological polar surface area (TPSA) is 84.7 Å². The van der Waals surface area contributed by atoms with Crippen molar-refractivity contribution in [3.8, 4) is 5.82 Å². The van der Waals surface area contributed by atoms with E-state index in [0.717, 1.165) is 16.3 Å². The molecule has 3 aromatic rings. The van der Waals surface area contributed by atoms with Gasteiger partial charge in [0.15, 0.2) is 5.82 Å². The van der Waals surface area contributed by atoms with E-state index in [-0.39, 0.29) is 5.91 Å². The van der Waals surface area contributed by atoms with Crippen molar-refractivity contribution in [2.24, 2.45) is 0 Å². The van der Waals surface area contributed by atoms with Crippen LogP contribution in [0.15, 0.2) is 36.8 Å².